The Kier molecular flexibility index (Phi) is 13.7. The molecule has 0 spiro atoms. The summed E-state index contributed by atoms with van der Waals surface area (Å²) in [7, 11) is 0. The number of halogens is 3. The van der Waals surface area contributed by atoms with Gasteiger partial charge in [0.05, 0.1) is 53.4 Å². The van der Waals surface area contributed by atoms with Crippen LogP contribution in [0.2, 0.25) is 10.0 Å². The Balaban J connectivity index is 0.000000260. The van der Waals surface area contributed by atoms with Crippen molar-refractivity contribution >= 4 is 68.1 Å². The van der Waals surface area contributed by atoms with E-state index in [0.717, 1.165) is 30.0 Å². The minimum Gasteiger partial charge on any atom is -0.466 e. The average molecular weight is 667 g/mol. The van der Waals surface area contributed by atoms with Gasteiger partial charge < -0.3 is 25.3 Å². The summed E-state index contributed by atoms with van der Waals surface area (Å²) in [6, 6.07) is 18.7. The minimum absolute atomic E-state index is 0.279. The van der Waals surface area contributed by atoms with E-state index in [2.05, 4.69) is 26.1 Å². The maximum absolute atomic E-state index is 12.3. The van der Waals surface area contributed by atoms with E-state index in [0.29, 0.717) is 65.0 Å². The zero-order valence-corrected chi connectivity index (χ0v) is 25.9. The van der Waals surface area contributed by atoms with Crippen molar-refractivity contribution in [2.45, 2.75) is 26.3 Å². The van der Waals surface area contributed by atoms with Crippen LogP contribution in [-0.2, 0) is 25.5 Å². The Morgan fingerprint density at radius 3 is 2.24 bits per heavy atom. The van der Waals surface area contributed by atoms with Crippen LogP contribution in [0.15, 0.2) is 65.1 Å². The fraction of sp³-hybridized carbons (Fsp3) is 0.333. The number of hydrogen-bond acceptors (Lipinski definition) is 8. The number of esters is 2. The summed E-state index contributed by atoms with van der Waals surface area (Å²) in [4.78, 5) is 25.2. The Labute approximate surface area is 259 Å². The molecule has 0 saturated carbocycles. The first-order chi connectivity index (χ1) is 19.7. The lowest BCUT2D eigenvalue weighted by Gasteiger charge is -2.27. The Hall–Kier alpha value is -2.82. The summed E-state index contributed by atoms with van der Waals surface area (Å²) in [5, 5.41) is 4.41. The van der Waals surface area contributed by atoms with E-state index in [1.165, 1.54) is 6.92 Å². The molecule has 220 valence electrons. The van der Waals surface area contributed by atoms with E-state index >= 15 is 0 Å². The molecule has 1 fully saturated rings. The smallest absolute Gasteiger partial charge is 0.338 e. The number of morpholine rings is 1. The van der Waals surface area contributed by atoms with Crippen molar-refractivity contribution in [1.29, 1.82) is 0 Å². The van der Waals surface area contributed by atoms with Crippen molar-refractivity contribution in [3.63, 3.8) is 0 Å². The lowest BCUT2D eigenvalue weighted by molar-refractivity contribution is -0.141. The first-order valence-electron chi connectivity index (χ1n) is 13.2. The zero-order chi connectivity index (χ0) is 29.6. The molecule has 1 heterocycles. The van der Waals surface area contributed by atoms with Gasteiger partial charge in [-0.15, -0.1) is 0 Å². The second-order valence-electron chi connectivity index (χ2n) is 9.19. The molecule has 1 saturated heterocycles. The van der Waals surface area contributed by atoms with Crippen LogP contribution in [0.25, 0.3) is 0 Å². The number of carbonyl (C=O) groups is 2. The number of anilines is 3. The van der Waals surface area contributed by atoms with E-state index in [9.17, 15) is 9.59 Å². The second-order valence-corrected chi connectivity index (χ2v) is 10.9. The zero-order valence-electron chi connectivity index (χ0n) is 22.8. The maximum Gasteiger partial charge on any atom is 0.338 e. The fourth-order valence-corrected chi connectivity index (χ4v) is 4.87. The van der Waals surface area contributed by atoms with Gasteiger partial charge in [-0.3, -0.25) is 9.69 Å². The topological polar surface area (TPSA) is 103 Å². The molecular formula is C30H34BrCl2N3O5. The van der Waals surface area contributed by atoms with Crippen molar-refractivity contribution in [1.82, 2.24) is 4.90 Å². The van der Waals surface area contributed by atoms with Gasteiger partial charge >= 0.3 is 11.9 Å². The summed E-state index contributed by atoms with van der Waals surface area (Å²) in [6.45, 7) is 5.74. The lowest BCUT2D eigenvalue weighted by Crippen LogP contribution is -2.35. The summed E-state index contributed by atoms with van der Waals surface area (Å²) >= 11 is 15.5. The Bertz CT molecular complexity index is 1270. The number of carbonyl (C=O) groups excluding carboxylic acids is 2. The molecule has 1 aliphatic rings. The number of nitrogen functional groups attached to an aromatic ring is 1. The van der Waals surface area contributed by atoms with E-state index in [4.69, 9.17) is 43.1 Å². The number of nitrogens with zero attached hydrogens (tertiary/aromatic N) is 1. The normalized spacial score (nSPS) is 13.1. The summed E-state index contributed by atoms with van der Waals surface area (Å²) in [5.41, 5.74) is 9.85. The third-order valence-corrected chi connectivity index (χ3v) is 7.32. The van der Waals surface area contributed by atoms with Crippen LogP contribution >= 0.6 is 39.1 Å². The molecule has 3 aromatic rings. The molecule has 0 radical (unpaired) electrons. The fourth-order valence-electron chi connectivity index (χ4n) is 3.87. The van der Waals surface area contributed by atoms with Crippen molar-refractivity contribution in [3.8, 4) is 0 Å². The van der Waals surface area contributed by atoms with Gasteiger partial charge in [-0.05, 0) is 70.7 Å². The average Bonchev–Trinajstić information content (AvgIpc) is 2.96. The monoisotopic (exact) mass is 665 g/mol. The number of unbranched alkanes of at least 4 members (excludes halogenated alkanes) is 1. The van der Waals surface area contributed by atoms with Crippen LogP contribution in [0, 0.1) is 0 Å². The highest BCUT2D eigenvalue weighted by molar-refractivity contribution is 9.10. The highest BCUT2D eigenvalue weighted by Gasteiger charge is 2.17. The first kappa shape index (κ1) is 32.7. The van der Waals surface area contributed by atoms with E-state index < -0.39 is 0 Å². The van der Waals surface area contributed by atoms with Gasteiger partial charge in [0.2, 0.25) is 0 Å². The molecule has 3 N–H and O–H groups in total. The summed E-state index contributed by atoms with van der Waals surface area (Å²) < 4.78 is 16.2. The predicted octanol–water partition coefficient (Wildman–Crippen LogP) is 7.10. The van der Waals surface area contributed by atoms with Crippen molar-refractivity contribution in [2.24, 2.45) is 0 Å². The van der Waals surface area contributed by atoms with Gasteiger partial charge in [0.15, 0.2) is 0 Å². The van der Waals surface area contributed by atoms with Crippen LogP contribution in [-0.4, -0.2) is 56.4 Å². The SMILES string of the molecule is CC(=O)OCCCCOC(=O)c1cc(Br)c(N)c(CN2CCOCC2)c1.Clc1cccc(Cl)c1Nc1ccccc1. The Morgan fingerprint density at radius 1 is 0.976 bits per heavy atom. The molecule has 8 nitrogen and oxygen atoms in total. The molecule has 0 aliphatic carbocycles. The van der Waals surface area contributed by atoms with Crippen molar-refractivity contribution in [2.75, 3.05) is 50.6 Å². The molecule has 41 heavy (non-hydrogen) atoms. The Morgan fingerprint density at radius 2 is 1.61 bits per heavy atom. The third-order valence-electron chi connectivity index (χ3n) is 6.03. The van der Waals surface area contributed by atoms with Gasteiger partial charge in [0, 0.05) is 36.7 Å². The molecule has 0 bridgehead atoms. The molecule has 0 aromatic heterocycles. The second kappa shape index (κ2) is 17.2. The summed E-state index contributed by atoms with van der Waals surface area (Å²) in [5.74, 6) is -0.692. The molecule has 0 unspecified atom stereocenters. The molecule has 11 heteroatoms. The van der Waals surface area contributed by atoms with Gasteiger partial charge in [-0.25, -0.2) is 4.79 Å². The molecule has 4 rings (SSSR count). The van der Waals surface area contributed by atoms with Crippen molar-refractivity contribution in [3.05, 3.63) is 86.3 Å². The number of rotatable bonds is 10. The van der Waals surface area contributed by atoms with Gasteiger partial charge in [0.25, 0.3) is 0 Å². The van der Waals surface area contributed by atoms with E-state index in [-0.39, 0.29) is 18.5 Å². The van der Waals surface area contributed by atoms with Gasteiger partial charge in [-0.1, -0.05) is 47.5 Å². The largest absolute Gasteiger partial charge is 0.466 e. The summed E-state index contributed by atoms with van der Waals surface area (Å²) in [6.07, 6.45) is 1.29. The first-order valence-corrected chi connectivity index (χ1v) is 14.7. The van der Waals surface area contributed by atoms with Crippen LogP contribution < -0.4 is 11.1 Å². The molecule has 0 atom stereocenters. The number of para-hydroxylation sites is 2. The number of nitrogens with two attached hydrogens (primary N) is 1. The number of nitrogens with one attached hydrogen (secondary N) is 1. The number of benzene rings is 3. The molecular weight excluding hydrogens is 633 g/mol. The van der Waals surface area contributed by atoms with Crippen LogP contribution in [0.5, 0.6) is 0 Å². The predicted molar refractivity (Wildman–Crippen MR) is 167 cm³/mol. The molecule has 1 aliphatic heterocycles. The molecule has 3 aromatic carbocycles. The van der Waals surface area contributed by atoms with E-state index in [1.54, 1.807) is 24.3 Å². The van der Waals surface area contributed by atoms with Gasteiger partial charge in [-0.2, -0.15) is 0 Å². The number of hydrogen-bond donors (Lipinski definition) is 2. The quantitative estimate of drug-likeness (QED) is 0.134. The molecule has 0 amide bonds. The van der Waals surface area contributed by atoms with Crippen molar-refractivity contribution < 1.29 is 23.8 Å². The standard InChI is InChI=1S/C18H25BrN2O5.C12H9Cl2N/c1-13(22)25-6-2-3-7-26-18(23)14-10-15(17(20)16(19)11-14)12-21-4-8-24-9-5-21;13-10-7-4-8-11(14)12(10)15-9-5-2-1-3-6-9/h10-11H,2-9,12,20H2,1H3;1-8,15H. The lowest BCUT2D eigenvalue weighted by atomic mass is 10.1. The highest BCUT2D eigenvalue weighted by atomic mass is 79.9. The minimum atomic E-state index is -0.388. The maximum atomic E-state index is 12.3. The van der Waals surface area contributed by atoms with Gasteiger partial charge in [0.1, 0.15) is 0 Å². The number of ether oxygens (including phenoxy) is 3. The third kappa shape index (κ3) is 11.2. The highest BCUT2D eigenvalue weighted by Crippen LogP contribution is 2.32. The van der Waals surface area contributed by atoms with Crippen LogP contribution in [0.1, 0.15) is 35.7 Å². The van der Waals surface area contributed by atoms with Crippen LogP contribution in [0.4, 0.5) is 17.1 Å². The van der Waals surface area contributed by atoms with E-state index in [1.807, 2.05) is 36.4 Å². The van der Waals surface area contributed by atoms with Crippen LogP contribution in [0.3, 0.4) is 0 Å².